The van der Waals surface area contributed by atoms with Gasteiger partial charge in [-0.15, -0.1) is 0 Å². The Labute approximate surface area is 90.9 Å². The fourth-order valence-corrected chi connectivity index (χ4v) is 1.21. The summed E-state index contributed by atoms with van der Waals surface area (Å²) in [4.78, 5) is 14.1. The normalized spacial score (nSPS) is 12.1. The minimum atomic E-state index is -0.485. The van der Waals surface area contributed by atoms with Gasteiger partial charge in [0.15, 0.2) is 5.78 Å². The number of carbonyl (C=O) groups excluding carboxylic acids is 1. The first kappa shape index (κ1) is 11.9. The highest BCUT2D eigenvalue weighted by Crippen LogP contribution is 2.17. The van der Waals surface area contributed by atoms with Crippen molar-refractivity contribution in [2.75, 3.05) is 14.1 Å². The molecule has 0 aliphatic carbocycles. The van der Waals surface area contributed by atoms with Gasteiger partial charge in [-0.1, -0.05) is 0 Å². The summed E-state index contributed by atoms with van der Waals surface area (Å²) in [7, 11) is 3.81. The standard InChI is InChI=1S/C11H19N3O/c1-6-14-8-9(7-12-14)10(15)11(2,3)13(4)5/h7-8H,6H2,1-5H3. The lowest BCUT2D eigenvalue weighted by atomic mass is 9.94. The molecule has 4 nitrogen and oxygen atoms in total. The minimum absolute atomic E-state index is 0.104. The maximum absolute atomic E-state index is 12.1. The molecule has 1 aromatic rings. The van der Waals surface area contributed by atoms with Gasteiger partial charge in [-0.2, -0.15) is 5.10 Å². The first-order valence-electron chi connectivity index (χ1n) is 5.14. The molecule has 1 rings (SSSR count). The van der Waals surface area contributed by atoms with E-state index in [0.717, 1.165) is 6.54 Å². The number of nitrogens with zero attached hydrogens (tertiary/aromatic N) is 3. The zero-order valence-electron chi connectivity index (χ0n) is 10.1. The fraction of sp³-hybridized carbons (Fsp3) is 0.636. The summed E-state index contributed by atoms with van der Waals surface area (Å²) < 4.78 is 1.76. The summed E-state index contributed by atoms with van der Waals surface area (Å²) in [6.07, 6.45) is 3.44. The number of carbonyl (C=O) groups is 1. The van der Waals surface area contributed by atoms with Crippen molar-refractivity contribution in [2.24, 2.45) is 0 Å². The van der Waals surface area contributed by atoms with Gasteiger partial charge in [0.1, 0.15) is 0 Å². The van der Waals surface area contributed by atoms with Crippen LogP contribution in [0.1, 0.15) is 31.1 Å². The predicted molar refractivity (Wildman–Crippen MR) is 60.0 cm³/mol. The Bertz CT molecular complexity index is 352. The van der Waals surface area contributed by atoms with Crippen molar-refractivity contribution in [3.8, 4) is 0 Å². The van der Waals surface area contributed by atoms with Crippen LogP contribution in [0.3, 0.4) is 0 Å². The van der Waals surface area contributed by atoms with Crippen LogP contribution in [-0.4, -0.2) is 40.1 Å². The second kappa shape index (κ2) is 4.14. The quantitative estimate of drug-likeness (QED) is 0.704. The van der Waals surface area contributed by atoms with E-state index in [4.69, 9.17) is 0 Å². The first-order chi connectivity index (χ1) is 6.89. The average Bonchev–Trinajstić information content (AvgIpc) is 2.64. The Morgan fingerprint density at radius 2 is 2.13 bits per heavy atom. The zero-order valence-corrected chi connectivity index (χ0v) is 10.1. The van der Waals surface area contributed by atoms with E-state index in [1.165, 1.54) is 0 Å². The van der Waals surface area contributed by atoms with Crippen LogP contribution in [0.4, 0.5) is 0 Å². The lowest BCUT2D eigenvalue weighted by Crippen LogP contribution is -2.45. The molecule has 0 spiro atoms. The van der Waals surface area contributed by atoms with E-state index in [9.17, 15) is 4.79 Å². The van der Waals surface area contributed by atoms with Gasteiger partial charge in [0.25, 0.3) is 0 Å². The van der Waals surface area contributed by atoms with Crippen LogP contribution in [0.2, 0.25) is 0 Å². The van der Waals surface area contributed by atoms with Crippen LogP contribution in [0.25, 0.3) is 0 Å². The highest BCUT2D eigenvalue weighted by molar-refractivity contribution is 6.02. The molecule has 1 heterocycles. The van der Waals surface area contributed by atoms with E-state index in [2.05, 4.69) is 5.10 Å². The van der Waals surface area contributed by atoms with Crippen LogP contribution in [0.15, 0.2) is 12.4 Å². The fourth-order valence-electron chi connectivity index (χ4n) is 1.21. The molecule has 0 aliphatic rings. The van der Waals surface area contributed by atoms with Gasteiger partial charge >= 0.3 is 0 Å². The van der Waals surface area contributed by atoms with Crippen molar-refractivity contribution < 1.29 is 4.79 Å². The minimum Gasteiger partial charge on any atom is -0.297 e. The Kier molecular flexibility index (Phi) is 3.29. The molecule has 0 saturated carbocycles. The van der Waals surface area contributed by atoms with Gasteiger partial charge in [0, 0.05) is 12.7 Å². The molecule has 0 unspecified atom stereocenters. The van der Waals surface area contributed by atoms with Crippen molar-refractivity contribution in [3.63, 3.8) is 0 Å². The summed E-state index contributed by atoms with van der Waals surface area (Å²) >= 11 is 0. The summed E-state index contributed by atoms with van der Waals surface area (Å²) in [5, 5.41) is 4.11. The molecule has 0 N–H and O–H groups in total. The third-order valence-electron chi connectivity index (χ3n) is 2.89. The smallest absolute Gasteiger partial charge is 0.185 e. The number of rotatable bonds is 4. The maximum atomic E-state index is 12.1. The van der Waals surface area contributed by atoms with Gasteiger partial charge in [0.2, 0.25) is 0 Å². The molecule has 0 aromatic carbocycles. The molecule has 0 aliphatic heterocycles. The van der Waals surface area contributed by atoms with E-state index in [1.54, 1.807) is 17.1 Å². The molecule has 0 saturated heterocycles. The zero-order chi connectivity index (χ0) is 11.6. The second-order valence-corrected chi connectivity index (χ2v) is 4.37. The van der Waals surface area contributed by atoms with E-state index in [-0.39, 0.29) is 5.78 Å². The van der Waals surface area contributed by atoms with E-state index < -0.39 is 5.54 Å². The van der Waals surface area contributed by atoms with Crippen LogP contribution in [0.5, 0.6) is 0 Å². The van der Waals surface area contributed by atoms with Gasteiger partial charge < -0.3 is 0 Å². The van der Waals surface area contributed by atoms with Crippen LogP contribution < -0.4 is 0 Å². The molecule has 0 radical (unpaired) electrons. The van der Waals surface area contributed by atoms with Crippen molar-refractivity contribution in [1.82, 2.24) is 14.7 Å². The number of aromatic nitrogens is 2. The molecule has 0 amide bonds. The van der Waals surface area contributed by atoms with Crippen LogP contribution in [0, 0.1) is 0 Å². The summed E-state index contributed by atoms with van der Waals surface area (Å²) in [5.41, 5.74) is 0.192. The van der Waals surface area contributed by atoms with Crippen molar-refractivity contribution in [2.45, 2.75) is 32.9 Å². The number of hydrogen-bond donors (Lipinski definition) is 0. The Balaban J connectivity index is 2.94. The van der Waals surface area contributed by atoms with E-state index in [1.807, 2.05) is 39.8 Å². The molecule has 4 heteroatoms. The largest absolute Gasteiger partial charge is 0.297 e. The number of hydrogen-bond acceptors (Lipinski definition) is 3. The summed E-state index contributed by atoms with van der Waals surface area (Å²) in [6, 6.07) is 0. The van der Waals surface area contributed by atoms with Gasteiger partial charge in [-0.05, 0) is 34.9 Å². The molecule has 84 valence electrons. The monoisotopic (exact) mass is 209 g/mol. The van der Waals surface area contributed by atoms with E-state index >= 15 is 0 Å². The first-order valence-corrected chi connectivity index (χ1v) is 5.14. The molecule has 0 atom stereocenters. The van der Waals surface area contributed by atoms with E-state index in [0.29, 0.717) is 5.56 Å². The van der Waals surface area contributed by atoms with Gasteiger partial charge in [-0.3, -0.25) is 14.4 Å². The Morgan fingerprint density at radius 1 is 1.53 bits per heavy atom. The number of ketones is 1. The third kappa shape index (κ3) is 2.26. The van der Waals surface area contributed by atoms with Crippen LogP contribution in [-0.2, 0) is 6.54 Å². The molecular formula is C11H19N3O. The number of aryl methyl sites for hydroxylation is 1. The SMILES string of the molecule is CCn1cc(C(=O)C(C)(C)N(C)C)cn1. The maximum Gasteiger partial charge on any atom is 0.185 e. The third-order valence-corrected chi connectivity index (χ3v) is 2.89. The second-order valence-electron chi connectivity index (χ2n) is 4.37. The average molecular weight is 209 g/mol. The predicted octanol–water partition coefficient (Wildman–Crippen LogP) is 1.43. The lowest BCUT2D eigenvalue weighted by molar-refractivity contribution is 0.0755. The number of likely N-dealkylation sites (N-methyl/N-ethyl adjacent to an activating group) is 1. The van der Waals surface area contributed by atoms with Crippen LogP contribution >= 0.6 is 0 Å². The Morgan fingerprint density at radius 3 is 2.53 bits per heavy atom. The van der Waals surface area contributed by atoms with Gasteiger partial charge in [0.05, 0.1) is 17.3 Å². The van der Waals surface area contributed by atoms with Crippen molar-refractivity contribution in [3.05, 3.63) is 18.0 Å². The summed E-state index contributed by atoms with van der Waals surface area (Å²) in [6.45, 7) is 6.62. The highest BCUT2D eigenvalue weighted by Gasteiger charge is 2.31. The molecule has 0 fully saturated rings. The molecule has 1 aromatic heterocycles. The molecule has 0 bridgehead atoms. The summed E-state index contributed by atoms with van der Waals surface area (Å²) in [5.74, 6) is 0.104. The van der Waals surface area contributed by atoms with Crippen molar-refractivity contribution in [1.29, 1.82) is 0 Å². The molecule has 15 heavy (non-hydrogen) atoms. The van der Waals surface area contributed by atoms with Crippen molar-refractivity contribution >= 4 is 5.78 Å². The van der Waals surface area contributed by atoms with Gasteiger partial charge in [-0.25, -0.2) is 0 Å². The topological polar surface area (TPSA) is 38.1 Å². The number of Topliss-reactive ketones (excluding diaryl/α,β-unsaturated/α-hetero) is 1. The molecular weight excluding hydrogens is 190 g/mol. The highest BCUT2D eigenvalue weighted by atomic mass is 16.1. The Hall–Kier alpha value is -1.16. The lowest BCUT2D eigenvalue weighted by Gasteiger charge is -2.30.